The van der Waals surface area contributed by atoms with E-state index in [2.05, 4.69) is 15.3 Å². The summed E-state index contributed by atoms with van der Waals surface area (Å²) in [6.07, 6.45) is 0. The molecule has 6 heteroatoms. The van der Waals surface area contributed by atoms with E-state index in [1.807, 2.05) is 55.5 Å². The Morgan fingerprint density at radius 2 is 2.00 bits per heavy atom. The van der Waals surface area contributed by atoms with Gasteiger partial charge in [-0.3, -0.25) is 4.79 Å². The van der Waals surface area contributed by atoms with E-state index in [1.54, 1.807) is 0 Å². The van der Waals surface area contributed by atoms with Gasteiger partial charge in [0.1, 0.15) is 11.6 Å². The Morgan fingerprint density at radius 3 is 2.75 bits per heavy atom. The molecule has 5 nitrogen and oxygen atoms in total. The number of hydrogen-bond acceptors (Lipinski definition) is 4. The van der Waals surface area contributed by atoms with Crippen LogP contribution in [0.3, 0.4) is 0 Å². The van der Waals surface area contributed by atoms with Gasteiger partial charge in [0.15, 0.2) is 0 Å². The Balaban J connectivity index is 1.46. The highest BCUT2D eigenvalue weighted by atomic mass is 32.2. The molecule has 0 spiro atoms. The van der Waals surface area contributed by atoms with Crippen LogP contribution >= 0.6 is 11.8 Å². The summed E-state index contributed by atoms with van der Waals surface area (Å²) >= 11 is 1.53. The quantitative estimate of drug-likeness (QED) is 0.685. The van der Waals surface area contributed by atoms with E-state index in [1.165, 1.54) is 11.8 Å². The number of fused-ring (bicyclic) bond motifs is 1. The number of aromatic nitrogens is 2. The summed E-state index contributed by atoms with van der Waals surface area (Å²) < 4.78 is 5.38. The van der Waals surface area contributed by atoms with Crippen molar-refractivity contribution in [3.8, 4) is 5.75 Å². The lowest BCUT2D eigenvalue weighted by Crippen LogP contribution is -2.14. The SMILES string of the molecule is CCOc1ccc(NC(=O)CSCc2nc3ccccc3[nH]2)cc1. The number of rotatable bonds is 7. The topological polar surface area (TPSA) is 67.0 Å². The van der Waals surface area contributed by atoms with Crippen LogP contribution in [0, 0.1) is 0 Å². The summed E-state index contributed by atoms with van der Waals surface area (Å²) in [5.41, 5.74) is 2.74. The van der Waals surface area contributed by atoms with Gasteiger partial charge < -0.3 is 15.0 Å². The first-order valence-electron chi connectivity index (χ1n) is 7.78. The number of benzene rings is 2. The highest BCUT2D eigenvalue weighted by molar-refractivity contribution is 7.99. The molecule has 0 saturated carbocycles. The lowest BCUT2D eigenvalue weighted by molar-refractivity contribution is -0.113. The molecule has 24 heavy (non-hydrogen) atoms. The third-order valence-electron chi connectivity index (χ3n) is 3.36. The predicted octanol–water partition coefficient (Wildman–Crippen LogP) is 3.83. The molecule has 124 valence electrons. The molecule has 0 atom stereocenters. The molecule has 0 aliphatic heterocycles. The lowest BCUT2D eigenvalue weighted by atomic mass is 10.3. The number of H-pyrrole nitrogens is 1. The maximum absolute atomic E-state index is 12.0. The number of para-hydroxylation sites is 2. The van der Waals surface area contributed by atoms with Gasteiger partial charge in [-0.15, -0.1) is 11.8 Å². The highest BCUT2D eigenvalue weighted by Crippen LogP contribution is 2.17. The maximum Gasteiger partial charge on any atom is 0.234 e. The number of aromatic amines is 1. The van der Waals surface area contributed by atoms with Gasteiger partial charge in [-0.1, -0.05) is 12.1 Å². The number of nitrogens with zero attached hydrogens (tertiary/aromatic N) is 1. The molecule has 0 unspecified atom stereocenters. The minimum atomic E-state index is -0.0275. The zero-order chi connectivity index (χ0) is 16.8. The van der Waals surface area contributed by atoms with E-state index in [0.717, 1.165) is 28.3 Å². The van der Waals surface area contributed by atoms with Crippen molar-refractivity contribution in [1.29, 1.82) is 0 Å². The first-order chi connectivity index (χ1) is 11.7. The number of carbonyl (C=O) groups is 1. The van der Waals surface area contributed by atoms with Gasteiger partial charge in [-0.2, -0.15) is 0 Å². The van der Waals surface area contributed by atoms with Gasteiger partial charge >= 0.3 is 0 Å². The van der Waals surface area contributed by atoms with E-state index in [9.17, 15) is 4.79 Å². The molecule has 0 radical (unpaired) electrons. The average molecular weight is 341 g/mol. The van der Waals surface area contributed by atoms with E-state index in [-0.39, 0.29) is 5.91 Å². The van der Waals surface area contributed by atoms with Crippen molar-refractivity contribution >= 4 is 34.4 Å². The molecule has 0 aliphatic carbocycles. The van der Waals surface area contributed by atoms with Gasteiger partial charge in [0.05, 0.1) is 29.1 Å². The summed E-state index contributed by atoms with van der Waals surface area (Å²) in [4.78, 5) is 19.7. The van der Waals surface area contributed by atoms with Gasteiger partial charge in [-0.25, -0.2) is 4.98 Å². The lowest BCUT2D eigenvalue weighted by Gasteiger charge is -2.06. The monoisotopic (exact) mass is 341 g/mol. The second-order valence-electron chi connectivity index (χ2n) is 5.20. The molecule has 2 aromatic carbocycles. The minimum Gasteiger partial charge on any atom is -0.494 e. The summed E-state index contributed by atoms with van der Waals surface area (Å²) in [5, 5.41) is 2.88. The largest absolute Gasteiger partial charge is 0.494 e. The van der Waals surface area contributed by atoms with Crippen molar-refractivity contribution in [2.75, 3.05) is 17.7 Å². The molecule has 0 bridgehead atoms. The van der Waals surface area contributed by atoms with E-state index in [4.69, 9.17) is 4.74 Å². The molecule has 0 aliphatic rings. The van der Waals surface area contributed by atoms with Crippen LogP contribution in [0.2, 0.25) is 0 Å². The van der Waals surface area contributed by atoms with Crippen molar-refractivity contribution in [1.82, 2.24) is 9.97 Å². The smallest absolute Gasteiger partial charge is 0.234 e. The number of ether oxygens (including phenoxy) is 1. The highest BCUT2D eigenvalue weighted by Gasteiger charge is 2.06. The van der Waals surface area contributed by atoms with Crippen LogP contribution in [0.1, 0.15) is 12.7 Å². The van der Waals surface area contributed by atoms with Crippen LogP contribution in [0.4, 0.5) is 5.69 Å². The molecular formula is C18H19N3O2S. The Morgan fingerprint density at radius 1 is 1.21 bits per heavy atom. The van der Waals surface area contributed by atoms with Gasteiger partial charge in [0.25, 0.3) is 0 Å². The Kier molecular flexibility index (Phi) is 5.38. The third-order valence-corrected chi connectivity index (χ3v) is 4.30. The molecule has 2 N–H and O–H groups in total. The van der Waals surface area contributed by atoms with Crippen LogP contribution in [0.5, 0.6) is 5.75 Å². The zero-order valence-electron chi connectivity index (χ0n) is 13.4. The fourth-order valence-corrected chi connectivity index (χ4v) is 3.00. The molecule has 3 aromatic rings. The molecular weight excluding hydrogens is 322 g/mol. The van der Waals surface area contributed by atoms with Crippen molar-refractivity contribution in [3.05, 3.63) is 54.4 Å². The number of nitrogens with one attached hydrogen (secondary N) is 2. The molecule has 1 aromatic heterocycles. The normalized spacial score (nSPS) is 10.7. The number of carbonyl (C=O) groups excluding carboxylic acids is 1. The van der Waals surface area contributed by atoms with Crippen LogP contribution in [-0.4, -0.2) is 28.2 Å². The second-order valence-corrected chi connectivity index (χ2v) is 6.18. The molecule has 0 fully saturated rings. The first kappa shape index (κ1) is 16.4. The van der Waals surface area contributed by atoms with Crippen LogP contribution < -0.4 is 10.1 Å². The average Bonchev–Trinajstić information content (AvgIpc) is 2.99. The van der Waals surface area contributed by atoms with Crippen molar-refractivity contribution in [2.24, 2.45) is 0 Å². The number of hydrogen-bond donors (Lipinski definition) is 2. The van der Waals surface area contributed by atoms with E-state index in [0.29, 0.717) is 18.1 Å². The number of amides is 1. The fraction of sp³-hybridized carbons (Fsp3) is 0.222. The summed E-state index contributed by atoms with van der Waals surface area (Å²) in [5.74, 6) is 2.71. The van der Waals surface area contributed by atoms with E-state index >= 15 is 0 Å². The predicted molar refractivity (Wildman–Crippen MR) is 98.5 cm³/mol. The molecule has 1 amide bonds. The molecule has 3 rings (SSSR count). The van der Waals surface area contributed by atoms with Crippen molar-refractivity contribution in [3.63, 3.8) is 0 Å². The number of imidazole rings is 1. The van der Waals surface area contributed by atoms with Crippen LogP contribution in [0.15, 0.2) is 48.5 Å². The van der Waals surface area contributed by atoms with E-state index < -0.39 is 0 Å². The minimum absolute atomic E-state index is 0.0275. The summed E-state index contributed by atoms with van der Waals surface area (Å²) in [6.45, 7) is 2.57. The van der Waals surface area contributed by atoms with Gasteiger partial charge in [-0.05, 0) is 43.3 Å². The van der Waals surface area contributed by atoms with Crippen molar-refractivity contribution < 1.29 is 9.53 Å². The summed E-state index contributed by atoms with van der Waals surface area (Å²) in [7, 11) is 0. The van der Waals surface area contributed by atoms with Crippen molar-refractivity contribution in [2.45, 2.75) is 12.7 Å². The number of thioether (sulfide) groups is 1. The third kappa shape index (κ3) is 4.29. The fourth-order valence-electron chi connectivity index (χ4n) is 2.31. The Labute approximate surface area is 144 Å². The second kappa shape index (κ2) is 7.88. The summed E-state index contributed by atoms with van der Waals surface area (Å²) in [6, 6.07) is 15.3. The Hall–Kier alpha value is -2.47. The number of anilines is 1. The molecule has 1 heterocycles. The van der Waals surface area contributed by atoms with Gasteiger partial charge in [0.2, 0.25) is 5.91 Å². The first-order valence-corrected chi connectivity index (χ1v) is 8.94. The zero-order valence-corrected chi connectivity index (χ0v) is 14.2. The maximum atomic E-state index is 12.0. The molecule has 0 saturated heterocycles. The standard InChI is InChI=1S/C18H19N3O2S/c1-2-23-14-9-7-13(8-10-14)19-18(22)12-24-11-17-20-15-5-3-4-6-16(15)21-17/h3-10H,2,11-12H2,1H3,(H,19,22)(H,20,21). The van der Waals surface area contributed by atoms with Gasteiger partial charge in [0, 0.05) is 5.69 Å². The Bertz CT molecular complexity index is 782. The van der Waals surface area contributed by atoms with Crippen LogP contribution in [0.25, 0.3) is 11.0 Å². The van der Waals surface area contributed by atoms with Crippen LogP contribution in [-0.2, 0) is 10.5 Å².